The summed E-state index contributed by atoms with van der Waals surface area (Å²) < 4.78 is 19.2. The maximum Gasteiger partial charge on any atom is 0.128 e. The van der Waals surface area contributed by atoms with Crippen LogP contribution in [-0.2, 0) is 4.74 Å². The van der Waals surface area contributed by atoms with Crippen molar-refractivity contribution in [2.45, 2.75) is 32.9 Å². The fourth-order valence-electron chi connectivity index (χ4n) is 1.90. The zero-order chi connectivity index (χ0) is 12.1. The van der Waals surface area contributed by atoms with Gasteiger partial charge >= 0.3 is 0 Å². The first-order valence-electron chi connectivity index (χ1n) is 5.65. The van der Waals surface area contributed by atoms with Crippen molar-refractivity contribution in [3.63, 3.8) is 0 Å². The Kier molecular flexibility index (Phi) is 4.90. The van der Waals surface area contributed by atoms with Crippen LogP contribution in [-0.4, -0.2) is 19.8 Å². The first-order chi connectivity index (χ1) is 7.60. The van der Waals surface area contributed by atoms with Crippen molar-refractivity contribution < 1.29 is 9.13 Å². The summed E-state index contributed by atoms with van der Waals surface area (Å²) in [6, 6.07) is 5.04. The van der Waals surface area contributed by atoms with Crippen LogP contribution in [0.25, 0.3) is 0 Å². The molecule has 0 spiro atoms. The summed E-state index contributed by atoms with van der Waals surface area (Å²) in [4.78, 5) is 0. The number of hydrogen-bond donors (Lipinski definition) is 1. The first-order valence-corrected chi connectivity index (χ1v) is 5.65. The third kappa shape index (κ3) is 3.03. The van der Waals surface area contributed by atoms with E-state index >= 15 is 0 Å². The van der Waals surface area contributed by atoms with Gasteiger partial charge in [-0.05, 0) is 33.9 Å². The van der Waals surface area contributed by atoms with Gasteiger partial charge in [0.2, 0.25) is 0 Å². The molecule has 16 heavy (non-hydrogen) atoms. The van der Waals surface area contributed by atoms with Crippen molar-refractivity contribution in [3.8, 4) is 0 Å². The number of aryl methyl sites for hydroxylation is 1. The van der Waals surface area contributed by atoms with Gasteiger partial charge in [0.15, 0.2) is 0 Å². The van der Waals surface area contributed by atoms with Gasteiger partial charge in [-0.2, -0.15) is 0 Å². The number of likely N-dealkylation sites (N-methyl/N-ethyl adjacent to an activating group) is 1. The molecule has 2 atom stereocenters. The van der Waals surface area contributed by atoms with E-state index < -0.39 is 0 Å². The fraction of sp³-hybridized carbons (Fsp3) is 0.538. The minimum atomic E-state index is -0.184. The van der Waals surface area contributed by atoms with Gasteiger partial charge in [-0.25, -0.2) is 4.39 Å². The number of hydrogen-bond acceptors (Lipinski definition) is 2. The minimum Gasteiger partial charge on any atom is -0.377 e. The van der Waals surface area contributed by atoms with Gasteiger partial charge in [0.25, 0.3) is 0 Å². The Balaban J connectivity index is 2.98. The summed E-state index contributed by atoms with van der Waals surface area (Å²) in [5.41, 5.74) is 1.73. The van der Waals surface area contributed by atoms with E-state index in [2.05, 4.69) is 5.32 Å². The lowest BCUT2D eigenvalue weighted by Gasteiger charge is -2.24. The van der Waals surface area contributed by atoms with Crippen LogP contribution in [0.3, 0.4) is 0 Å². The minimum absolute atomic E-state index is 0.0497. The van der Waals surface area contributed by atoms with Crippen molar-refractivity contribution in [2.24, 2.45) is 0 Å². The Morgan fingerprint density at radius 1 is 1.44 bits per heavy atom. The molecular weight excluding hydrogens is 205 g/mol. The van der Waals surface area contributed by atoms with Crippen LogP contribution in [0.4, 0.5) is 4.39 Å². The Morgan fingerprint density at radius 2 is 2.12 bits per heavy atom. The molecule has 0 aliphatic carbocycles. The van der Waals surface area contributed by atoms with E-state index in [1.165, 1.54) is 6.07 Å². The first kappa shape index (κ1) is 13.1. The average Bonchev–Trinajstić information content (AvgIpc) is 2.24. The Labute approximate surface area is 96.8 Å². The molecule has 2 nitrogen and oxygen atoms in total. The van der Waals surface area contributed by atoms with Crippen LogP contribution >= 0.6 is 0 Å². The quantitative estimate of drug-likeness (QED) is 0.832. The molecule has 1 aromatic rings. The zero-order valence-electron chi connectivity index (χ0n) is 10.4. The van der Waals surface area contributed by atoms with Crippen molar-refractivity contribution in [1.29, 1.82) is 0 Å². The highest BCUT2D eigenvalue weighted by Crippen LogP contribution is 2.22. The molecule has 0 fully saturated rings. The van der Waals surface area contributed by atoms with E-state index in [0.29, 0.717) is 12.2 Å². The van der Waals surface area contributed by atoms with Gasteiger partial charge in [-0.3, -0.25) is 0 Å². The Morgan fingerprint density at radius 3 is 2.69 bits per heavy atom. The molecule has 0 heterocycles. The monoisotopic (exact) mass is 225 g/mol. The number of halogens is 1. The van der Waals surface area contributed by atoms with Gasteiger partial charge in [0, 0.05) is 12.2 Å². The zero-order valence-corrected chi connectivity index (χ0v) is 10.4. The maximum absolute atomic E-state index is 13.7. The van der Waals surface area contributed by atoms with E-state index in [9.17, 15) is 4.39 Å². The Hall–Kier alpha value is -0.930. The molecule has 90 valence electrons. The van der Waals surface area contributed by atoms with Crippen molar-refractivity contribution in [2.75, 3.05) is 13.7 Å². The van der Waals surface area contributed by atoms with Crippen LogP contribution in [0.5, 0.6) is 0 Å². The molecule has 0 bridgehead atoms. The predicted molar refractivity (Wildman–Crippen MR) is 64.0 cm³/mol. The molecule has 0 saturated heterocycles. The third-order valence-electron chi connectivity index (χ3n) is 2.70. The summed E-state index contributed by atoms with van der Waals surface area (Å²) in [7, 11) is 1.82. The standard InChI is InChI=1S/C13H20FNO/c1-5-16-10(3)13(15-4)11-8-9(2)6-7-12(11)14/h6-8,10,13,15H,5H2,1-4H3. The molecule has 1 rings (SSSR count). The van der Waals surface area contributed by atoms with E-state index in [1.807, 2.05) is 33.9 Å². The number of benzene rings is 1. The molecule has 3 heteroatoms. The highest BCUT2D eigenvalue weighted by Gasteiger charge is 2.20. The Bertz CT molecular complexity index is 341. The van der Waals surface area contributed by atoms with Crippen LogP contribution in [0.2, 0.25) is 0 Å². The fourth-order valence-corrected chi connectivity index (χ4v) is 1.90. The van der Waals surface area contributed by atoms with E-state index in [4.69, 9.17) is 4.74 Å². The summed E-state index contributed by atoms with van der Waals surface area (Å²) >= 11 is 0. The van der Waals surface area contributed by atoms with E-state index in [-0.39, 0.29) is 18.0 Å². The van der Waals surface area contributed by atoms with E-state index in [1.54, 1.807) is 6.07 Å². The van der Waals surface area contributed by atoms with Crippen LogP contribution in [0, 0.1) is 12.7 Å². The molecule has 0 aliphatic rings. The molecule has 0 aliphatic heterocycles. The second-order valence-electron chi connectivity index (χ2n) is 3.95. The molecule has 0 radical (unpaired) electrons. The number of nitrogens with one attached hydrogen (secondary N) is 1. The van der Waals surface area contributed by atoms with Gasteiger partial charge in [0.05, 0.1) is 12.1 Å². The van der Waals surface area contributed by atoms with Gasteiger partial charge in [0.1, 0.15) is 5.82 Å². The lowest BCUT2D eigenvalue weighted by atomic mass is 10.00. The van der Waals surface area contributed by atoms with Crippen LogP contribution < -0.4 is 5.32 Å². The summed E-state index contributed by atoms with van der Waals surface area (Å²) in [6.45, 7) is 6.48. The normalized spacial score (nSPS) is 14.8. The highest BCUT2D eigenvalue weighted by molar-refractivity contribution is 5.27. The maximum atomic E-state index is 13.7. The number of rotatable bonds is 5. The molecule has 0 amide bonds. The molecule has 1 aromatic carbocycles. The summed E-state index contributed by atoms with van der Waals surface area (Å²) in [5.74, 6) is -0.184. The van der Waals surface area contributed by atoms with Crippen molar-refractivity contribution in [1.82, 2.24) is 5.32 Å². The lowest BCUT2D eigenvalue weighted by Crippen LogP contribution is -2.30. The largest absolute Gasteiger partial charge is 0.377 e. The third-order valence-corrected chi connectivity index (χ3v) is 2.70. The molecular formula is C13H20FNO. The van der Waals surface area contributed by atoms with E-state index in [0.717, 1.165) is 5.56 Å². The summed E-state index contributed by atoms with van der Waals surface area (Å²) in [6.07, 6.45) is -0.0497. The smallest absolute Gasteiger partial charge is 0.128 e. The highest BCUT2D eigenvalue weighted by atomic mass is 19.1. The molecule has 2 unspecified atom stereocenters. The van der Waals surface area contributed by atoms with Gasteiger partial charge in [-0.1, -0.05) is 17.7 Å². The SMILES string of the molecule is CCOC(C)C(NC)c1cc(C)ccc1F. The second kappa shape index (κ2) is 5.97. The number of ether oxygens (including phenoxy) is 1. The summed E-state index contributed by atoms with van der Waals surface area (Å²) in [5, 5.41) is 3.11. The van der Waals surface area contributed by atoms with Gasteiger partial charge < -0.3 is 10.1 Å². The molecule has 1 N–H and O–H groups in total. The predicted octanol–water partition coefficient (Wildman–Crippen LogP) is 2.82. The topological polar surface area (TPSA) is 21.3 Å². The van der Waals surface area contributed by atoms with Crippen molar-refractivity contribution >= 4 is 0 Å². The van der Waals surface area contributed by atoms with Crippen LogP contribution in [0.1, 0.15) is 31.0 Å². The lowest BCUT2D eigenvalue weighted by molar-refractivity contribution is 0.0484. The average molecular weight is 225 g/mol. The second-order valence-corrected chi connectivity index (χ2v) is 3.95. The molecule has 0 saturated carbocycles. The van der Waals surface area contributed by atoms with Gasteiger partial charge in [-0.15, -0.1) is 0 Å². The van der Waals surface area contributed by atoms with Crippen molar-refractivity contribution in [3.05, 3.63) is 35.1 Å². The van der Waals surface area contributed by atoms with Crippen LogP contribution in [0.15, 0.2) is 18.2 Å². The molecule has 0 aromatic heterocycles.